The zero-order valence-electron chi connectivity index (χ0n) is 15.2. The van der Waals surface area contributed by atoms with Gasteiger partial charge in [-0.05, 0) is 51.0 Å². The molecule has 0 unspecified atom stereocenters. The van der Waals surface area contributed by atoms with E-state index in [2.05, 4.69) is 15.2 Å². The molecule has 1 amide bonds. The molecule has 1 aliphatic carbocycles. The molecule has 26 heavy (non-hydrogen) atoms. The average molecular weight is 387 g/mol. The van der Waals surface area contributed by atoms with Gasteiger partial charge < -0.3 is 10.1 Å². The molecule has 0 saturated heterocycles. The summed E-state index contributed by atoms with van der Waals surface area (Å²) in [6.45, 7) is 3.81. The van der Waals surface area contributed by atoms with E-state index in [9.17, 15) is 13.6 Å². The Hall–Kier alpha value is -1.28. The predicted molar refractivity (Wildman–Crippen MR) is 96.8 cm³/mol. The van der Waals surface area contributed by atoms with E-state index >= 15 is 0 Å². The van der Waals surface area contributed by atoms with Gasteiger partial charge in [-0.25, -0.2) is 13.8 Å². The number of carbonyl (C=O) groups excluding carboxylic acids is 1. The van der Waals surface area contributed by atoms with E-state index < -0.39 is 13.0 Å². The minimum absolute atomic E-state index is 0.0673. The van der Waals surface area contributed by atoms with Crippen molar-refractivity contribution in [1.82, 2.24) is 15.2 Å². The first kappa shape index (κ1) is 19.5. The lowest BCUT2D eigenvalue weighted by atomic mass is 9.84. The van der Waals surface area contributed by atoms with Gasteiger partial charge in [0.25, 0.3) is 11.6 Å². The molecule has 1 aromatic rings. The Balaban J connectivity index is 1.40. The van der Waals surface area contributed by atoms with Crippen LogP contribution in [0.3, 0.4) is 0 Å². The molecule has 1 fully saturated rings. The zero-order chi connectivity index (χ0) is 18.5. The molecular weight excluding hydrogens is 360 g/mol. The third-order valence-corrected chi connectivity index (χ3v) is 6.30. The van der Waals surface area contributed by atoms with Crippen LogP contribution < -0.4 is 10.1 Å². The Labute approximate surface area is 157 Å². The first-order valence-corrected chi connectivity index (χ1v) is 10.2. The molecular formula is C18H27F2N3O2S. The second-order valence-corrected chi connectivity index (χ2v) is 8.33. The van der Waals surface area contributed by atoms with E-state index in [1.54, 1.807) is 6.92 Å². The van der Waals surface area contributed by atoms with Crippen molar-refractivity contribution < 1.29 is 18.3 Å². The van der Waals surface area contributed by atoms with Gasteiger partial charge in [-0.3, -0.25) is 9.69 Å². The molecule has 1 aromatic heterocycles. The highest BCUT2D eigenvalue weighted by molar-refractivity contribution is 7.13. The van der Waals surface area contributed by atoms with E-state index in [0.717, 1.165) is 50.5 Å². The number of halogens is 2. The van der Waals surface area contributed by atoms with Crippen molar-refractivity contribution in [1.29, 1.82) is 0 Å². The third kappa shape index (κ3) is 5.61. The van der Waals surface area contributed by atoms with E-state index in [4.69, 9.17) is 4.74 Å². The van der Waals surface area contributed by atoms with Crippen LogP contribution in [0.25, 0.3) is 0 Å². The fourth-order valence-electron chi connectivity index (χ4n) is 3.86. The van der Waals surface area contributed by atoms with Gasteiger partial charge in [0.15, 0.2) is 6.61 Å². The molecule has 0 aromatic carbocycles. The number of aromatic nitrogens is 1. The van der Waals surface area contributed by atoms with Gasteiger partial charge in [-0.1, -0.05) is 11.3 Å². The molecule has 2 aliphatic rings. The zero-order valence-corrected chi connectivity index (χ0v) is 16.0. The van der Waals surface area contributed by atoms with Crippen LogP contribution in [0.15, 0.2) is 0 Å². The molecule has 8 heteroatoms. The maximum absolute atomic E-state index is 12.3. The maximum Gasteiger partial charge on any atom is 0.273 e. The lowest BCUT2D eigenvalue weighted by molar-refractivity contribution is -0.119. The van der Waals surface area contributed by atoms with Gasteiger partial charge in [0, 0.05) is 30.9 Å². The number of nitrogens with zero attached hydrogens (tertiary/aromatic N) is 2. The van der Waals surface area contributed by atoms with Crippen LogP contribution >= 0.6 is 11.3 Å². The Bertz CT molecular complexity index is 603. The largest absolute Gasteiger partial charge is 0.464 e. The van der Waals surface area contributed by atoms with Crippen molar-refractivity contribution in [3.63, 3.8) is 0 Å². The van der Waals surface area contributed by atoms with Gasteiger partial charge in [0.2, 0.25) is 5.91 Å². The molecule has 3 rings (SSSR count). The fraction of sp³-hybridized carbons (Fsp3) is 0.778. The van der Waals surface area contributed by atoms with Crippen LogP contribution in [0, 0.1) is 5.92 Å². The molecule has 0 atom stereocenters. The van der Waals surface area contributed by atoms with Crippen molar-refractivity contribution in [2.45, 2.75) is 64.5 Å². The minimum Gasteiger partial charge on any atom is -0.464 e. The summed E-state index contributed by atoms with van der Waals surface area (Å²) < 4.78 is 29.6. The van der Waals surface area contributed by atoms with Crippen LogP contribution in [0.2, 0.25) is 0 Å². The fourth-order valence-corrected chi connectivity index (χ4v) is 4.78. The Morgan fingerprint density at radius 2 is 2.15 bits per heavy atom. The van der Waals surface area contributed by atoms with Crippen LogP contribution in [0.1, 0.15) is 49.6 Å². The first-order valence-electron chi connectivity index (χ1n) is 9.38. The molecule has 5 nitrogen and oxygen atoms in total. The molecule has 0 bridgehead atoms. The minimum atomic E-state index is -2.46. The maximum atomic E-state index is 12.3. The first-order chi connectivity index (χ1) is 12.5. The van der Waals surface area contributed by atoms with Crippen LogP contribution in [-0.2, 0) is 17.8 Å². The van der Waals surface area contributed by atoms with E-state index in [1.807, 2.05) is 0 Å². The second kappa shape index (κ2) is 9.08. The molecule has 2 heterocycles. The summed E-state index contributed by atoms with van der Waals surface area (Å²) in [7, 11) is 0. The number of ether oxygens (including phenoxy) is 1. The van der Waals surface area contributed by atoms with E-state index in [0.29, 0.717) is 11.2 Å². The molecule has 1 aliphatic heterocycles. The summed E-state index contributed by atoms with van der Waals surface area (Å²) >= 11 is 1.40. The van der Waals surface area contributed by atoms with Crippen molar-refractivity contribution >= 4 is 17.2 Å². The SMILES string of the molecule is CC(=O)NC1CCC(CCN2CCc3sc(OCC(F)F)nc3C2)CC1. The molecule has 1 saturated carbocycles. The van der Waals surface area contributed by atoms with Gasteiger partial charge >= 0.3 is 0 Å². The second-order valence-electron chi connectivity index (χ2n) is 7.28. The summed E-state index contributed by atoms with van der Waals surface area (Å²) in [4.78, 5) is 19.1. The lowest BCUT2D eigenvalue weighted by Crippen LogP contribution is -2.37. The number of fused-ring (bicyclic) bond motifs is 1. The number of hydrogen-bond acceptors (Lipinski definition) is 5. The average Bonchev–Trinajstić information content (AvgIpc) is 3.01. The molecule has 146 valence electrons. The summed E-state index contributed by atoms with van der Waals surface area (Å²) in [6.07, 6.45) is 4.12. The van der Waals surface area contributed by atoms with Gasteiger partial charge in [-0.15, -0.1) is 0 Å². The highest BCUT2D eigenvalue weighted by Crippen LogP contribution is 2.31. The normalized spacial score (nSPS) is 23.7. The van der Waals surface area contributed by atoms with Crippen molar-refractivity contribution in [3.8, 4) is 5.19 Å². The number of hydrogen-bond donors (Lipinski definition) is 1. The number of nitrogens with one attached hydrogen (secondary N) is 1. The van der Waals surface area contributed by atoms with Crippen LogP contribution in [-0.4, -0.2) is 48.0 Å². The Kier molecular flexibility index (Phi) is 6.80. The predicted octanol–water partition coefficient (Wildman–Crippen LogP) is 3.23. The summed E-state index contributed by atoms with van der Waals surface area (Å²) in [6, 6.07) is 0.350. The van der Waals surface area contributed by atoms with E-state index in [1.165, 1.54) is 35.5 Å². The number of thiazole rings is 1. The van der Waals surface area contributed by atoms with Crippen molar-refractivity contribution in [3.05, 3.63) is 10.6 Å². The van der Waals surface area contributed by atoms with Gasteiger partial charge in [-0.2, -0.15) is 0 Å². The standard InChI is InChI=1S/C18H27F2N3O2S/c1-12(24)21-14-4-2-13(3-5-14)6-8-23-9-7-16-15(10-23)22-18(26-16)25-11-17(19)20/h13-14,17H,2-11H2,1H3,(H,21,24). The molecule has 0 radical (unpaired) electrons. The quantitative estimate of drug-likeness (QED) is 0.781. The lowest BCUT2D eigenvalue weighted by Gasteiger charge is -2.31. The highest BCUT2D eigenvalue weighted by Gasteiger charge is 2.25. The molecule has 1 N–H and O–H groups in total. The summed E-state index contributed by atoms with van der Waals surface area (Å²) in [5.41, 5.74) is 0.986. The number of amides is 1. The number of alkyl halides is 2. The Morgan fingerprint density at radius 3 is 2.85 bits per heavy atom. The van der Waals surface area contributed by atoms with E-state index in [-0.39, 0.29) is 5.91 Å². The van der Waals surface area contributed by atoms with Crippen molar-refractivity contribution in [2.75, 3.05) is 19.7 Å². The van der Waals surface area contributed by atoms with Crippen LogP contribution in [0.4, 0.5) is 8.78 Å². The monoisotopic (exact) mass is 387 g/mol. The summed E-state index contributed by atoms with van der Waals surface area (Å²) in [5, 5.41) is 3.39. The van der Waals surface area contributed by atoms with Crippen LogP contribution in [0.5, 0.6) is 5.19 Å². The third-order valence-electron chi connectivity index (χ3n) is 5.23. The molecule has 0 spiro atoms. The van der Waals surface area contributed by atoms with Gasteiger partial charge in [0.1, 0.15) is 0 Å². The van der Waals surface area contributed by atoms with Gasteiger partial charge in [0.05, 0.1) is 5.69 Å². The number of carbonyl (C=O) groups is 1. The summed E-state index contributed by atoms with van der Waals surface area (Å²) in [5.74, 6) is 0.791. The number of rotatable bonds is 7. The van der Waals surface area contributed by atoms with Crippen molar-refractivity contribution in [2.24, 2.45) is 5.92 Å². The Morgan fingerprint density at radius 1 is 1.38 bits per heavy atom. The topological polar surface area (TPSA) is 54.5 Å². The smallest absolute Gasteiger partial charge is 0.273 e. The highest BCUT2D eigenvalue weighted by atomic mass is 32.1.